The van der Waals surface area contributed by atoms with Crippen molar-refractivity contribution in [3.8, 4) is 0 Å². The molecule has 1 atom stereocenters. The molecule has 0 spiro atoms. The van der Waals surface area contributed by atoms with E-state index in [1.165, 1.54) is 17.0 Å². The predicted octanol–water partition coefficient (Wildman–Crippen LogP) is 3.71. The van der Waals surface area contributed by atoms with Crippen molar-refractivity contribution >= 4 is 40.7 Å². The fourth-order valence-electron chi connectivity index (χ4n) is 3.09. The minimum atomic E-state index is -0.589. The molecule has 1 aliphatic heterocycles. The molecular weight excluding hydrogens is 405 g/mol. The molecule has 7 nitrogen and oxygen atoms in total. The highest BCUT2D eigenvalue weighted by atomic mass is 35.5. The lowest BCUT2D eigenvalue weighted by Crippen LogP contribution is -2.44. The first-order valence-corrected chi connectivity index (χ1v) is 9.35. The fourth-order valence-corrected chi connectivity index (χ4v) is 3.56. The number of amides is 2. The van der Waals surface area contributed by atoms with Crippen molar-refractivity contribution in [3.05, 3.63) is 73.8 Å². The third kappa shape index (κ3) is 4.61. The zero-order valence-electron chi connectivity index (χ0n) is 14.7. The van der Waals surface area contributed by atoms with E-state index in [0.29, 0.717) is 16.5 Å². The largest absolute Gasteiger partial charge is 0.350 e. The number of non-ortho nitro benzene ring substituents is 1. The number of rotatable bonds is 6. The van der Waals surface area contributed by atoms with Crippen molar-refractivity contribution in [1.29, 1.82) is 0 Å². The molecule has 0 radical (unpaired) electrons. The number of nitro benzene ring substituents is 1. The summed E-state index contributed by atoms with van der Waals surface area (Å²) >= 11 is 12.0. The molecule has 146 valence electrons. The first kappa shape index (κ1) is 20.1. The molecule has 1 N–H and O–H groups in total. The zero-order valence-corrected chi connectivity index (χ0v) is 16.2. The molecule has 1 aliphatic rings. The molecule has 0 bridgehead atoms. The second-order valence-electron chi connectivity index (χ2n) is 6.45. The van der Waals surface area contributed by atoms with Gasteiger partial charge >= 0.3 is 0 Å². The average molecular weight is 422 g/mol. The van der Waals surface area contributed by atoms with E-state index in [2.05, 4.69) is 5.32 Å². The highest BCUT2D eigenvalue weighted by molar-refractivity contribution is 6.35. The summed E-state index contributed by atoms with van der Waals surface area (Å²) in [6, 6.07) is 10.4. The second kappa shape index (κ2) is 8.58. The van der Waals surface area contributed by atoms with Crippen molar-refractivity contribution in [1.82, 2.24) is 10.2 Å². The third-order valence-electron chi connectivity index (χ3n) is 4.60. The van der Waals surface area contributed by atoms with Crippen LogP contribution in [-0.2, 0) is 22.7 Å². The van der Waals surface area contributed by atoms with Crippen LogP contribution in [0.2, 0.25) is 10.0 Å². The summed E-state index contributed by atoms with van der Waals surface area (Å²) in [5.74, 6) is -0.387. The van der Waals surface area contributed by atoms with Crippen molar-refractivity contribution in [2.75, 3.05) is 0 Å². The number of nitrogens with one attached hydrogen (secondary N) is 1. The van der Waals surface area contributed by atoms with Gasteiger partial charge in [0.2, 0.25) is 11.8 Å². The van der Waals surface area contributed by atoms with E-state index in [9.17, 15) is 19.7 Å². The Morgan fingerprint density at radius 1 is 1.21 bits per heavy atom. The van der Waals surface area contributed by atoms with Crippen LogP contribution >= 0.6 is 23.2 Å². The molecule has 28 heavy (non-hydrogen) atoms. The number of carbonyl (C=O) groups excluding carboxylic acids is 2. The van der Waals surface area contributed by atoms with Gasteiger partial charge in [-0.3, -0.25) is 19.7 Å². The molecule has 1 unspecified atom stereocenters. The summed E-state index contributed by atoms with van der Waals surface area (Å²) in [5.41, 5.74) is 1.43. The standard InChI is InChI=1S/C19H17Cl2N3O4/c20-14-4-3-13(16(21)9-14)10-22-19(26)17-7-8-18(25)23(17)11-12-1-5-15(6-2-12)24(27)28/h1-6,9,17H,7-8,10-11H2,(H,22,26). The van der Waals surface area contributed by atoms with Gasteiger partial charge in [0.25, 0.3) is 5.69 Å². The molecule has 3 rings (SSSR count). The summed E-state index contributed by atoms with van der Waals surface area (Å²) in [4.78, 5) is 36.6. The van der Waals surface area contributed by atoms with Crippen molar-refractivity contribution < 1.29 is 14.5 Å². The summed E-state index contributed by atoms with van der Waals surface area (Å²) in [7, 11) is 0. The zero-order chi connectivity index (χ0) is 20.3. The number of hydrogen-bond donors (Lipinski definition) is 1. The predicted molar refractivity (Wildman–Crippen MR) is 105 cm³/mol. The van der Waals surface area contributed by atoms with Crippen molar-refractivity contribution in [3.63, 3.8) is 0 Å². The Morgan fingerprint density at radius 3 is 2.57 bits per heavy atom. The molecule has 0 aliphatic carbocycles. The second-order valence-corrected chi connectivity index (χ2v) is 7.30. The molecule has 1 fully saturated rings. The van der Waals surface area contributed by atoms with E-state index in [0.717, 1.165) is 11.1 Å². The van der Waals surface area contributed by atoms with Gasteiger partial charge in [-0.25, -0.2) is 0 Å². The van der Waals surface area contributed by atoms with Gasteiger partial charge in [-0.15, -0.1) is 0 Å². The van der Waals surface area contributed by atoms with Crippen molar-refractivity contribution in [2.45, 2.75) is 32.0 Å². The van der Waals surface area contributed by atoms with Crippen LogP contribution in [0.3, 0.4) is 0 Å². The number of benzene rings is 2. The molecular formula is C19H17Cl2N3O4. The van der Waals surface area contributed by atoms with Crippen LogP contribution in [0.1, 0.15) is 24.0 Å². The van der Waals surface area contributed by atoms with E-state index in [4.69, 9.17) is 23.2 Å². The van der Waals surface area contributed by atoms with E-state index in [1.807, 2.05) is 0 Å². The van der Waals surface area contributed by atoms with Gasteiger partial charge in [-0.2, -0.15) is 0 Å². The van der Waals surface area contributed by atoms with Gasteiger partial charge in [0, 0.05) is 41.7 Å². The molecule has 0 aromatic heterocycles. The average Bonchev–Trinajstić information content (AvgIpc) is 3.02. The van der Waals surface area contributed by atoms with Crippen LogP contribution in [0.15, 0.2) is 42.5 Å². The summed E-state index contributed by atoms with van der Waals surface area (Å²) in [6.45, 7) is 0.446. The van der Waals surface area contributed by atoms with Gasteiger partial charge in [0.05, 0.1) is 4.92 Å². The van der Waals surface area contributed by atoms with Gasteiger partial charge in [0.1, 0.15) is 6.04 Å². The first-order chi connectivity index (χ1) is 13.3. The minimum absolute atomic E-state index is 0.0226. The van der Waals surface area contributed by atoms with Gasteiger partial charge < -0.3 is 10.2 Å². The molecule has 2 amide bonds. The maximum absolute atomic E-state index is 12.6. The topological polar surface area (TPSA) is 92.6 Å². The smallest absolute Gasteiger partial charge is 0.269 e. The van der Waals surface area contributed by atoms with Crippen LogP contribution < -0.4 is 5.32 Å². The Kier molecular flexibility index (Phi) is 6.16. The number of nitrogens with zero attached hydrogens (tertiary/aromatic N) is 2. The molecule has 0 saturated carbocycles. The minimum Gasteiger partial charge on any atom is -0.350 e. The number of nitro groups is 1. The number of hydrogen-bond acceptors (Lipinski definition) is 4. The van der Waals surface area contributed by atoms with Gasteiger partial charge in [0.15, 0.2) is 0 Å². The summed E-state index contributed by atoms with van der Waals surface area (Å²) in [5, 5.41) is 14.5. The lowest BCUT2D eigenvalue weighted by molar-refractivity contribution is -0.384. The normalized spacial score (nSPS) is 16.3. The summed E-state index contributed by atoms with van der Waals surface area (Å²) < 4.78 is 0. The van der Waals surface area contributed by atoms with Crippen LogP contribution in [-0.4, -0.2) is 27.7 Å². The molecule has 2 aromatic carbocycles. The van der Waals surface area contributed by atoms with E-state index >= 15 is 0 Å². The SMILES string of the molecule is O=C(NCc1ccc(Cl)cc1Cl)C1CCC(=O)N1Cc1ccc([N+](=O)[O-])cc1. The van der Waals surface area contributed by atoms with E-state index in [1.54, 1.807) is 30.3 Å². The molecule has 1 heterocycles. The number of carbonyl (C=O) groups is 2. The monoisotopic (exact) mass is 421 g/mol. The Balaban J connectivity index is 1.65. The maximum atomic E-state index is 12.6. The van der Waals surface area contributed by atoms with E-state index < -0.39 is 11.0 Å². The fraction of sp³-hybridized carbons (Fsp3) is 0.263. The van der Waals surface area contributed by atoms with Gasteiger partial charge in [-0.05, 0) is 29.7 Å². The van der Waals surface area contributed by atoms with Crippen LogP contribution in [0.25, 0.3) is 0 Å². The Labute approximate surface area is 171 Å². The number of halogens is 2. The van der Waals surface area contributed by atoms with Crippen LogP contribution in [0, 0.1) is 10.1 Å². The summed E-state index contributed by atoms with van der Waals surface area (Å²) in [6.07, 6.45) is 0.707. The molecule has 2 aromatic rings. The third-order valence-corrected chi connectivity index (χ3v) is 5.19. The number of likely N-dealkylation sites (tertiary alicyclic amines) is 1. The van der Waals surface area contributed by atoms with Crippen LogP contribution in [0.5, 0.6) is 0 Å². The highest BCUT2D eigenvalue weighted by Gasteiger charge is 2.35. The quantitative estimate of drug-likeness (QED) is 0.568. The van der Waals surface area contributed by atoms with Crippen LogP contribution in [0.4, 0.5) is 5.69 Å². The lowest BCUT2D eigenvalue weighted by atomic mass is 10.1. The molecule has 1 saturated heterocycles. The Bertz CT molecular complexity index is 918. The van der Waals surface area contributed by atoms with Crippen molar-refractivity contribution in [2.24, 2.45) is 0 Å². The van der Waals surface area contributed by atoms with E-state index in [-0.39, 0.29) is 37.0 Å². The molecule has 9 heteroatoms. The lowest BCUT2D eigenvalue weighted by Gasteiger charge is -2.24. The maximum Gasteiger partial charge on any atom is 0.269 e. The van der Waals surface area contributed by atoms with Gasteiger partial charge in [-0.1, -0.05) is 41.4 Å². The Morgan fingerprint density at radius 2 is 1.93 bits per heavy atom. The highest BCUT2D eigenvalue weighted by Crippen LogP contribution is 2.24. The first-order valence-electron chi connectivity index (χ1n) is 8.59. The Hall–Kier alpha value is -2.64.